The van der Waals surface area contributed by atoms with E-state index in [0.29, 0.717) is 5.56 Å². The van der Waals surface area contributed by atoms with Crippen LogP contribution in [-0.4, -0.2) is 20.7 Å². The van der Waals surface area contributed by atoms with Crippen molar-refractivity contribution in [3.63, 3.8) is 0 Å². The van der Waals surface area contributed by atoms with Gasteiger partial charge in [0.1, 0.15) is 0 Å². The maximum absolute atomic E-state index is 12.7. The Kier molecular flexibility index (Phi) is 3.90. The van der Waals surface area contributed by atoms with Gasteiger partial charge in [-0.1, -0.05) is 6.07 Å². The minimum atomic E-state index is -0.0625. The Bertz CT molecular complexity index is 869. The van der Waals surface area contributed by atoms with Crippen molar-refractivity contribution < 1.29 is 4.79 Å². The first-order chi connectivity index (χ1) is 11.7. The summed E-state index contributed by atoms with van der Waals surface area (Å²) >= 11 is 1.74. The summed E-state index contributed by atoms with van der Waals surface area (Å²) in [7, 11) is 0. The molecule has 0 bridgehead atoms. The molecule has 1 aromatic carbocycles. The summed E-state index contributed by atoms with van der Waals surface area (Å²) in [5.41, 5.74) is 2.57. The van der Waals surface area contributed by atoms with E-state index < -0.39 is 0 Å². The van der Waals surface area contributed by atoms with E-state index in [9.17, 15) is 4.79 Å². The second kappa shape index (κ2) is 6.20. The lowest BCUT2D eigenvalue weighted by Crippen LogP contribution is -2.31. The van der Waals surface area contributed by atoms with E-state index in [1.165, 1.54) is 4.88 Å². The molecule has 1 aliphatic carbocycles. The van der Waals surface area contributed by atoms with Crippen molar-refractivity contribution in [1.29, 1.82) is 0 Å². The van der Waals surface area contributed by atoms with Gasteiger partial charge in [-0.3, -0.25) is 4.79 Å². The van der Waals surface area contributed by atoms with Gasteiger partial charge < -0.3 is 5.32 Å². The predicted octanol–water partition coefficient (Wildman–Crippen LogP) is 3.44. The molecule has 0 fully saturated rings. The molecule has 5 nitrogen and oxygen atoms in total. The predicted molar refractivity (Wildman–Crippen MR) is 93.6 cm³/mol. The molecule has 122 valence electrons. The first kappa shape index (κ1) is 15.1. The molecule has 2 heterocycles. The molecule has 0 unspecified atom stereocenters. The average molecular weight is 338 g/mol. The SMILES string of the molecule is Cc1nc2c(s1)CCC[C@@H]2NC(=O)c1cccc(-n2cccn2)c1. The maximum Gasteiger partial charge on any atom is 0.251 e. The number of amides is 1. The van der Waals surface area contributed by atoms with Crippen LogP contribution in [-0.2, 0) is 6.42 Å². The monoisotopic (exact) mass is 338 g/mol. The van der Waals surface area contributed by atoms with Crippen molar-refractivity contribution in [2.24, 2.45) is 0 Å². The highest BCUT2D eigenvalue weighted by molar-refractivity contribution is 7.11. The molecule has 1 aliphatic rings. The quantitative estimate of drug-likeness (QED) is 0.796. The summed E-state index contributed by atoms with van der Waals surface area (Å²) in [6, 6.07) is 9.38. The number of aromatic nitrogens is 3. The number of aryl methyl sites for hydroxylation is 2. The highest BCUT2D eigenvalue weighted by Gasteiger charge is 2.25. The van der Waals surface area contributed by atoms with Crippen LogP contribution in [0.15, 0.2) is 42.7 Å². The second-order valence-electron chi connectivity index (χ2n) is 5.96. The number of carbonyl (C=O) groups is 1. The fourth-order valence-corrected chi connectivity index (χ4v) is 4.17. The highest BCUT2D eigenvalue weighted by Crippen LogP contribution is 2.33. The van der Waals surface area contributed by atoms with Crippen molar-refractivity contribution in [2.75, 3.05) is 0 Å². The van der Waals surface area contributed by atoms with Crippen molar-refractivity contribution in [1.82, 2.24) is 20.1 Å². The molecular formula is C18H18N4OS. The zero-order valence-corrected chi connectivity index (χ0v) is 14.2. The first-order valence-corrected chi connectivity index (χ1v) is 8.89. The smallest absolute Gasteiger partial charge is 0.251 e. The molecule has 24 heavy (non-hydrogen) atoms. The van der Waals surface area contributed by atoms with Crippen molar-refractivity contribution in [3.8, 4) is 5.69 Å². The molecule has 6 heteroatoms. The number of fused-ring (bicyclic) bond motifs is 1. The average Bonchev–Trinajstić information content (AvgIpc) is 3.24. The van der Waals surface area contributed by atoms with E-state index in [-0.39, 0.29) is 11.9 Å². The Hall–Kier alpha value is -2.47. The van der Waals surface area contributed by atoms with Crippen LogP contribution in [0.2, 0.25) is 0 Å². The van der Waals surface area contributed by atoms with Gasteiger partial charge in [-0.25, -0.2) is 9.67 Å². The number of nitrogens with zero attached hydrogens (tertiary/aromatic N) is 3. The molecule has 1 atom stereocenters. The second-order valence-corrected chi connectivity index (χ2v) is 7.25. The minimum absolute atomic E-state index is 0.0135. The molecule has 3 aromatic rings. The van der Waals surface area contributed by atoms with Crippen molar-refractivity contribution in [2.45, 2.75) is 32.2 Å². The Morgan fingerprint density at radius 1 is 1.38 bits per heavy atom. The lowest BCUT2D eigenvalue weighted by atomic mass is 9.97. The van der Waals surface area contributed by atoms with E-state index in [4.69, 9.17) is 0 Å². The molecule has 0 radical (unpaired) electrons. The number of hydrogen-bond acceptors (Lipinski definition) is 4. The number of thiazole rings is 1. The van der Waals surface area contributed by atoms with Gasteiger partial charge in [0, 0.05) is 22.8 Å². The van der Waals surface area contributed by atoms with Gasteiger partial charge in [0.15, 0.2) is 0 Å². The molecule has 0 saturated carbocycles. The number of nitrogens with one attached hydrogen (secondary N) is 1. The molecule has 0 spiro atoms. The van der Waals surface area contributed by atoms with Gasteiger partial charge in [-0.2, -0.15) is 5.10 Å². The first-order valence-electron chi connectivity index (χ1n) is 8.08. The zero-order chi connectivity index (χ0) is 16.5. The van der Waals surface area contributed by atoms with E-state index in [1.807, 2.05) is 43.5 Å². The number of rotatable bonds is 3. The summed E-state index contributed by atoms with van der Waals surface area (Å²) < 4.78 is 1.75. The number of carbonyl (C=O) groups excluding carboxylic acids is 1. The van der Waals surface area contributed by atoms with Crippen LogP contribution in [0.25, 0.3) is 5.69 Å². The normalized spacial score (nSPS) is 16.6. The van der Waals surface area contributed by atoms with Gasteiger partial charge in [-0.15, -0.1) is 11.3 Å². The Labute approximate surface area is 144 Å². The number of benzene rings is 1. The molecule has 2 aromatic heterocycles. The van der Waals surface area contributed by atoms with E-state index >= 15 is 0 Å². The zero-order valence-electron chi connectivity index (χ0n) is 13.4. The van der Waals surface area contributed by atoms with Crippen LogP contribution in [0, 0.1) is 6.92 Å². The van der Waals surface area contributed by atoms with E-state index in [0.717, 1.165) is 35.7 Å². The van der Waals surface area contributed by atoms with Gasteiger partial charge in [-0.05, 0) is 50.5 Å². The van der Waals surface area contributed by atoms with E-state index in [1.54, 1.807) is 22.2 Å². The summed E-state index contributed by atoms with van der Waals surface area (Å²) in [6.45, 7) is 2.02. The van der Waals surface area contributed by atoms with Crippen molar-refractivity contribution >= 4 is 17.2 Å². The summed E-state index contributed by atoms with van der Waals surface area (Å²) in [6.07, 6.45) is 6.69. The maximum atomic E-state index is 12.7. The number of hydrogen-bond donors (Lipinski definition) is 1. The summed E-state index contributed by atoms with van der Waals surface area (Å²) in [5.74, 6) is -0.0625. The van der Waals surface area contributed by atoms with Gasteiger partial charge in [0.05, 0.1) is 22.4 Å². The largest absolute Gasteiger partial charge is 0.344 e. The van der Waals surface area contributed by atoms with Crippen LogP contribution in [0.5, 0.6) is 0 Å². The Balaban J connectivity index is 1.56. The summed E-state index contributed by atoms with van der Waals surface area (Å²) in [5, 5.41) is 8.44. The van der Waals surface area contributed by atoms with Crippen LogP contribution >= 0.6 is 11.3 Å². The third-order valence-corrected chi connectivity index (χ3v) is 5.29. The molecular weight excluding hydrogens is 320 g/mol. The minimum Gasteiger partial charge on any atom is -0.344 e. The Morgan fingerprint density at radius 2 is 2.29 bits per heavy atom. The third-order valence-electron chi connectivity index (χ3n) is 4.24. The molecule has 0 saturated heterocycles. The van der Waals surface area contributed by atoms with Crippen LogP contribution in [0.3, 0.4) is 0 Å². The fourth-order valence-electron chi connectivity index (χ4n) is 3.13. The summed E-state index contributed by atoms with van der Waals surface area (Å²) in [4.78, 5) is 18.6. The van der Waals surface area contributed by atoms with Crippen LogP contribution < -0.4 is 5.32 Å². The Morgan fingerprint density at radius 3 is 3.12 bits per heavy atom. The molecule has 1 N–H and O–H groups in total. The topological polar surface area (TPSA) is 59.8 Å². The fraction of sp³-hybridized carbons (Fsp3) is 0.278. The van der Waals surface area contributed by atoms with Gasteiger partial charge in [0.2, 0.25) is 0 Å². The molecule has 1 amide bonds. The van der Waals surface area contributed by atoms with Crippen LogP contribution in [0.1, 0.15) is 44.8 Å². The van der Waals surface area contributed by atoms with Crippen molar-refractivity contribution in [3.05, 3.63) is 63.9 Å². The highest BCUT2D eigenvalue weighted by atomic mass is 32.1. The standard InChI is InChI=1S/C18H18N4OS/c1-12-20-17-15(7-3-8-16(17)24-12)21-18(23)13-5-2-6-14(11-13)22-10-4-9-19-22/h2,4-6,9-11,15H,3,7-8H2,1H3,(H,21,23)/t15-/m0/s1. The third kappa shape index (κ3) is 2.85. The lowest BCUT2D eigenvalue weighted by molar-refractivity contribution is 0.0932. The molecule has 4 rings (SSSR count). The van der Waals surface area contributed by atoms with E-state index in [2.05, 4.69) is 15.4 Å². The van der Waals surface area contributed by atoms with Gasteiger partial charge in [0.25, 0.3) is 5.91 Å². The molecule has 0 aliphatic heterocycles. The lowest BCUT2D eigenvalue weighted by Gasteiger charge is -2.22. The van der Waals surface area contributed by atoms with Gasteiger partial charge >= 0.3 is 0 Å². The van der Waals surface area contributed by atoms with Crippen LogP contribution in [0.4, 0.5) is 0 Å².